The summed E-state index contributed by atoms with van der Waals surface area (Å²) in [5.41, 5.74) is -0.585. The maximum atomic E-state index is 11.9. The second-order valence-corrected chi connectivity index (χ2v) is 5.38. The number of halogens is 1. The van der Waals surface area contributed by atoms with Crippen LogP contribution in [0.5, 0.6) is 0 Å². The molecule has 1 aliphatic heterocycles. The molecular formula is C11H15BrN4O. The fourth-order valence-electron chi connectivity index (χ4n) is 1.96. The number of anilines is 1. The average molecular weight is 299 g/mol. The predicted octanol–water partition coefficient (Wildman–Crippen LogP) is 1.26. The molecule has 0 saturated carbocycles. The van der Waals surface area contributed by atoms with Gasteiger partial charge in [-0.2, -0.15) is 0 Å². The molecule has 2 heterocycles. The Kier molecular flexibility index (Phi) is 3.07. The lowest BCUT2D eigenvalue weighted by Crippen LogP contribution is -2.62. The van der Waals surface area contributed by atoms with Crippen molar-refractivity contribution in [3.05, 3.63) is 16.5 Å². The molecule has 0 aromatic carbocycles. The second kappa shape index (κ2) is 4.25. The fraction of sp³-hybridized carbons (Fsp3) is 0.545. The summed E-state index contributed by atoms with van der Waals surface area (Å²) in [5.74, 6) is 1.50. The van der Waals surface area contributed by atoms with E-state index in [9.17, 15) is 4.79 Å². The van der Waals surface area contributed by atoms with Crippen molar-refractivity contribution < 1.29 is 4.79 Å². The van der Waals surface area contributed by atoms with Crippen molar-refractivity contribution in [1.29, 1.82) is 0 Å². The van der Waals surface area contributed by atoms with Gasteiger partial charge in [-0.05, 0) is 36.7 Å². The lowest BCUT2D eigenvalue weighted by molar-refractivity contribution is -0.126. The van der Waals surface area contributed by atoms with Crippen LogP contribution < -0.4 is 10.2 Å². The summed E-state index contributed by atoms with van der Waals surface area (Å²) in [6.45, 7) is 7.02. The highest BCUT2D eigenvalue weighted by atomic mass is 79.9. The van der Waals surface area contributed by atoms with E-state index in [2.05, 4.69) is 31.2 Å². The van der Waals surface area contributed by atoms with Crippen LogP contribution in [0.3, 0.4) is 0 Å². The maximum absolute atomic E-state index is 11.9. The van der Waals surface area contributed by atoms with E-state index < -0.39 is 5.54 Å². The highest BCUT2D eigenvalue weighted by molar-refractivity contribution is 9.10. The quantitative estimate of drug-likeness (QED) is 0.793. The number of hydrogen-bond donors (Lipinski definition) is 1. The van der Waals surface area contributed by atoms with Crippen LogP contribution in [0.15, 0.2) is 10.7 Å². The zero-order chi connectivity index (χ0) is 12.6. The molecule has 0 aliphatic carbocycles. The van der Waals surface area contributed by atoms with E-state index in [1.165, 1.54) is 0 Å². The summed E-state index contributed by atoms with van der Waals surface area (Å²) in [7, 11) is 0. The standard InChI is InChI=1S/C11H15BrN4O/c1-7-14-8(12)6-9(15-7)16-5-4-13-10(17)11(16,2)3/h6H,4-5H2,1-3H3,(H,13,17). The molecule has 1 saturated heterocycles. The number of carbonyl (C=O) groups is 1. The number of nitrogens with one attached hydrogen (secondary N) is 1. The molecule has 1 aliphatic rings. The highest BCUT2D eigenvalue weighted by Crippen LogP contribution is 2.26. The van der Waals surface area contributed by atoms with Gasteiger partial charge in [0.25, 0.3) is 0 Å². The molecular weight excluding hydrogens is 284 g/mol. The van der Waals surface area contributed by atoms with Crippen LogP contribution in [-0.2, 0) is 4.79 Å². The molecule has 0 bridgehead atoms. The molecule has 17 heavy (non-hydrogen) atoms. The van der Waals surface area contributed by atoms with Crippen molar-refractivity contribution >= 4 is 27.7 Å². The number of amides is 1. The molecule has 6 heteroatoms. The number of carbonyl (C=O) groups excluding carboxylic acids is 1. The lowest BCUT2D eigenvalue weighted by atomic mass is 9.99. The number of aryl methyl sites for hydroxylation is 1. The van der Waals surface area contributed by atoms with Crippen molar-refractivity contribution in [2.75, 3.05) is 18.0 Å². The van der Waals surface area contributed by atoms with Crippen LogP contribution in [0.1, 0.15) is 19.7 Å². The number of aromatic nitrogens is 2. The first kappa shape index (κ1) is 12.3. The third kappa shape index (κ3) is 2.26. The van der Waals surface area contributed by atoms with E-state index >= 15 is 0 Å². The topological polar surface area (TPSA) is 58.1 Å². The fourth-order valence-corrected chi connectivity index (χ4v) is 2.42. The molecule has 92 valence electrons. The SMILES string of the molecule is Cc1nc(Br)cc(N2CCNC(=O)C2(C)C)n1. The molecule has 1 fully saturated rings. The first-order valence-electron chi connectivity index (χ1n) is 5.48. The third-order valence-corrected chi connectivity index (χ3v) is 3.33. The van der Waals surface area contributed by atoms with Crippen molar-refractivity contribution in [1.82, 2.24) is 15.3 Å². The van der Waals surface area contributed by atoms with Crippen LogP contribution in [0.25, 0.3) is 0 Å². The molecule has 5 nitrogen and oxygen atoms in total. The van der Waals surface area contributed by atoms with Gasteiger partial charge in [0.05, 0.1) is 0 Å². The Morgan fingerprint density at radius 2 is 2.18 bits per heavy atom. The van der Waals surface area contributed by atoms with Crippen molar-refractivity contribution in [3.63, 3.8) is 0 Å². The molecule has 1 aromatic rings. The van der Waals surface area contributed by atoms with Gasteiger partial charge in [-0.15, -0.1) is 0 Å². The van der Waals surface area contributed by atoms with Gasteiger partial charge in [-0.3, -0.25) is 4.79 Å². The van der Waals surface area contributed by atoms with Gasteiger partial charge in [0.15, 0.2) is 0 Å². The third-order valence-electron chi connectivity index (χ3n) is 2.92. The Morgan fingerprint density at radius 1 is 1.47 bits per heavy atom. The van der Waals surface area contributed by atoms with E-state index in [1.807, 2.05) is 31.7 Å². The van der Waals surface area contributed by atoms with Crippen LogP contribution in [0, 0.1) is 6.92 Å². The molecule has 1 N–H and O–H groups in total. The summed E-state index contributed by atoms with van der Waals surface area (Å²) < 4.78 is 0.738. The normalized spacial score (nSPS) is 19.1. The van der Waals surface area contributed by atoms with Crippen molar-refractivity contribution in [2.45, 2.75) is 26.3 Å². The van der Waals surface area contributed by atoms with Gasteiger partial charge in [0.1, 0.15) is 21.8 Å². The molecule has 0 atom stereocenters. The highest BCUT2D eigenvalue weighted by Gasteiger charge is 2.38. The molecule has 0 radical (unpaired) electrons. The smallest absolute Gasteiger partial charge is 0.245 e. The maximum Gasteiger partial charge on any atom is 0.245 e. The van der Waals surface area contributed by atoms with Gasteiger partial charge < -0.3 is 10.2 Å². The Balaban J connectivity index is 2.41. The Bertz CT molecular complexity index is 441. The zero-order valence-corrected chi connectivity index (χ0v) is 11.7. The summed E-state index contributed by atoms with van der Waals surface area (Å²) in [6.07, 6.45) is 0. The molecule has 2 rings (SSSR count). The van der Waals surface area contributed by atoms with Crippen LogP contribution >= 0.6 is 15.9 Å². The number of hydrogen-bond acceptors (Lipinski definition) is 4. The predicted molar refractivity (Wildman–Crippen MR) is 68.9 cm³/mol. The van der Waals surface area contributed by atoms with Crippen LogP contribution in [-0.4, -0.2) is 34.5 Å². The van der Waals surface area contributed by atoms with E-state index in [0.29, 0.717) is 12.4 Å². The Morgan fingerprint density at radius 3 is 2.82 bits per heavy atom. The second-order valence-electron chi connectivity index (χ2n) is 4.56. The minimum Gasteiger partial charge on any atom is -0.352 e. The van der Waals surface area contributed by atoms with E-state index in [0.717, 1.165) is 17.0 Å². The number of piperazine rings is 1. The van der Waals surface area contributed by atoms with Gasteiger partial charge in [-0.1, -0.05) is 0 Å². The van der Waals surface area contributed by atoms with Gasteiger partial charge in [0.2, 0.25) is 5.91 Å². The first-order valence-corrected chi connectivity index (χ1v) is 6.27. The minimum absolute atomic E-state index is 0.0242. The van der Waals surface area contributed by atoms with Crippen LogP contribution in [0.4, 0.5) is 5.82 Å². The largest absolute Gasteiger partial charge is 0.352 e. The van der Waals surface area contributed by atoms with Gasteiger partial charge >= 0.3 is 0 Å². The zero-order valence-electron chi connectivity index (χ0n) is 10.1. The molecule has 0 spiro atoms. The Labute approximate surface area is 109 Å². The molecule has 1 aromatic heterocycles. The summed E-state index contributed by atoms with van der Waals surface area (Å²) in [4.78, 5) is 22.4. The van der Waals surface area contributed by atoms with E-state index in [1.54, 1.807) is 0 Å². The Hall–Kier alpha value is -1.17. The molecule has 1 amide bonds. The summed E-state index contributed by atoms with van der Waals surface area (Å²) in [5, 5.41) is 2.87. The summed E-state index contributed by atoms with van der Waals surface area (Å²) in [6, 6.07) is 1.84. The van der Waals surface area contributed by atoms with E-state index in [4.69, 9.17) is 0 Å². The van der Waals surface area contributed by atoms with Crippen LogP contribution in [0.2, 0.25) is 0 Å². The monoisotopic (exact) mass is 298 g/mol. The number of rotatable bonds is 1. The van der Waals surface area contributed by atoms with Gasteiger partial charge in [0, 0.05) is 19.2 Å². The number of nitrogens with zero attached hydrogens (tertiary/aromatic N) is 3. The molecule has 0 unspecified atom stereocenters. The first-order chi connectivity index (χ1) is 7.91. The summed E-state index contributed by atoms with van der Waals surface area (Å²) >= 11 is 3.35. The van der Waals surface area contributed by atoms with Gasteiger partial charge in [-0.25, -0.2) is 9.97 Å². The minimum atomic E-state index is -0.585. The lowest BCUT2D eigenvalue weighted by Gasteiger charge is -2.42. The van der Waals surface area contributed by atoms with Crippen molar-refractivity contribution in [2.24, 2.45) is 0 Å². The average Bonchev–Trinajstić information content (AvgIpc) is 2.20. The van der Waals surface area contributed by atoms with Crippen molar-refractivity contribution in [3.8, 4) is 0 Å². The van der Waals surface area contributed by atoms with E-state index in [-0.39, 0.29) is 5.91 Å².